The minimum atomic E-state index is -0.243. The Kier molecular flexibility index (Phi) is 8.02. The summed E-state index contributed by atoms with van der Waals surface area (Å²) in [5.41, 5.74) is 0.788. The highest BCUT2D eigenvalue weighted by Crippen LogP contribution is 2.28. The second-order valence-electron chi connectivity index (χ2n) is 4.12. The Balaban J connectivity index is 2.51. The number of benzene rings is 1. The predicted molar refractivity (Wildman–Crippen MR) is 76.1 cm³/mol. The van der Waals surface area contributed by atoms with Gasteiger partial charge in [-0.1, -0.05) is 6.07 Å². The van der Waals surface area contributed by atoms with E-state index in [1.165, 1.54) is 0 Å². The normalized spacial score (nSPS) is 10.8. The molecule has 0 saturated carbocycles. The molecule has 0 unspecified atom stereocenters. The zero-order chi connectivity index (χ0) is 14.8. The molecule has 0 amide bonds. The lowest BCUT2D eigenvalue weighted by molar-refractivity contribution is -0.142. The Hall–Kier alpha value is -1.30. The van der Waals surface area contributed by atoms with Gasteiger partial charge in [-0.15, -0.1) is 0 Å². The quantitative estimate of drug-likeness (QED) is 0.668. The van der Waals surface area contributed by atoms with Gasteiger partial charge in [-0.25, -0.2) is 0 Å². The summed E-state index contributed by atoms with van der Waals surface area (Å²) < 4.78 is 21.8. The van der Waals surface area contributed by atoms with Gasteiger partial charge < -0.3 is 24.1 Å². The summed E-state index contributed by atoms with van der Waals surface area (Å²) in [6, 6.07) is 5.36. The molecule has 0 saturated heterocycles. The Labute approximate surface area is 120 Å². The minimum Gasteiger partial charge on any atom is -0.493 e. The van der Waals surface area contributed by atoms with Crippen molar-refractivity contribution in [3.8, 4) is 11.5 Å². The van der Waals surface area contributed by atoms with Crippen LogP contribution in [0.5, 0.6) is 11.5 Å². The molecule has 0 aliphatic rings. The lowest BCUT2D eigenvalue weighted by Gasteiger charge is -2.17. The SMILES string of the molecule is CCOC(CCOc1ccc(CO)cc1OC)OCC. The third kappa shape index (κ3) is 5.36. The first-order valence-electron chi connectivity index (χ1n) is 6.88. The molecular formula is C15H24O5. The van der Waals surface area contributed by atoms with E-state index in [1.807, 2.05) is 13.8 Å². The summed E-state index contributed by atoms with van der Waals surface area (Å²) in [4.78, 5) is 0. The van der Waals surface area contributed by atoms with Crippen LogP contribution in [-0.2, 0) is 16.1 Å². The first-order valence-corrected chi connectivity index (χ1v) is 6.88. The van der Waals surface area contributed by atoms with E-state index in [0.717, 1.165) is 5.56 Å². The summed E-state index contributed by atoms with van der Waals surface area (Å²) in [5, 5.41) is 9.09. The fraction of sp³-hybridized carbons (Fsp3) is 0.600. The molecule has 5 nitrogen and oxygen atoms in total. The highest BCUT2D eigenvalue weighted by molar-refractivity contribution is 5.42. The molecule has 20 heavy (non-hydrogen) atoms. The molecule has 1 N–H and O–H groups in total. The molecule has 114 valence electrons. The van der Waals surface area contributed by atoms with E-state index >= 15 is 0 Å². The van der Waals surface area contributed by atoms with Crippen LogP contribution in [0.1, 0.15) is 25.8 Å². The van der Waals surface area contributed by atoms with Crippen molar-refractivity contribution in [3.05, 3.63) is 23.8 Å². The minimum absolute atomic E-state index is 0.0204. The van der Waals surface area contributed by atoms with Crippen LogP contribution in [0.3, 0.4) is 0 Å². The van der Waals surface area contributed by atoms with E-state index in [1.54, 1.807) is 25.3 Å². The Morgan fingerprint density at radius 1 is 1.10 bits per heavy atom. The van der Waals surface area contributed by atoms with Crippen LogP contribution in [0, 0.1) is 0 Å². The molecule has 0 aromatic heterocycles. The topological polar surface area (TPSA) is 57.2 Å². The predicted octanol–water partition coefficient (Wildman–Crippen LogP) is 2.36. The van der Waals surface area contributed by atoms with Crippen molar-refractivity contribution >= 4 is 0 Å². The van der Waals surface area contributed by atoms with Crippen LogP contribution < -0.4 is 9.47 Å². The second-order valence-corrected chi connectivity index (χ2v) is 4.12. The maximum absolute atomic E-state index is 9.09. The van der Waals surface area contributed by atoms with Gasteiger partial charge in [-0.05, 0) is 31.5 Å². The van der Waals surface area contributed by atoms with Gasteiger partial charge >= 0.3 is 0 Å². The number of aliphatic hydroxyl groups excluding tert-OH is 1. The maximum atomic E-state index is 9.09. The van der Waals surface area contributed by atoms with Crippen molar-refractivity contribution in [2.24, 2.45) is 0 Å². The molecule has 1 aromatic carbocycles. The molecule has 5 heteroatoms. The lowest BCUT2D eigenvalue weighted by Crippen LogP contribution is -2.20. The zero-order valence-electron chi connectivity index (χ0n) is 12.4. The van der Waals surface area contributed by atoms with E-state index in [9.17, 15) is 0 Å². The van der Waals surface area contributed by atoms with E-state index in [4.69, 9.17) is 24.1 Å². The molecule has 0 radical (unpaired) electrons. The van der Waals surface area contributed by atoms with Gasteiger partial charge in [0.25, 0.3) is 0 Å². The summed E-state index contributed by atoms with van der Waals surface area (Å²) in [7, 11) is 1.58. The van der Waals surface area contributed by atoms with Crippen LogP contribution in [0.2, 0.25) is 0 Å². The van der Waals surface area contributed by atoms with Gasteiger partial charge in [-0.3, -0.25) is 0 Å². The van der Waals surface area contributed by atoms with Crippen molar-refractivity contribution < 1.29 is 24.1 Å². The van der Waals surface area contributed by atoms with E-state index < -0.39 is 0 Å². The average molecular weight is 284 g/mol. The fourth-order valence-electron chi connectivity index (χ4n) is 1.78. The van der Waals surface area contributed by atoms with Gasteiger partial charge in [0.15, 0.2) is 17.8 Å². The van der Waals surface area contributed by atoms with Crippen molar-refractivity contribution in [2.45, 2.75) is 33.2 Å². The third-order valence-corrected chi connectivity index (χ3v) is 2.73. The van der Waals surface area contributed by atoms with Gasteiger partial charge in [0.2, 0.25) is 0 Å². The van der Waals surface area contributed by atoms with E-state index in [0.29, 0.717) is 37.7 Å². The van der Waals surface area contributed by atoms with Crippen molar-refractivity contribution in [1.29, 1.82) is 0 Å². The largest absolute Gasteiger partial charge is 0.493 e. The molecule has 0 atom stereocenters. The Bertz CT molecular complexity index is 375. The number of aliphatic hydroxyl groups is 1. The first kappa shape index (κ1) is 16.8. The monoisotopic (exact) mass is 284 g/mol. The van der Waals surface area contributed by atoms with Crippen molar-refractivity contribution in [1.82, 2.24) is 0 Å². The van der Waals surface area contributed by atoms with Gasteiger partial charge in [-0.2, -0.15) is 0 Å². The molecule has 0 fully saturated rings. The molecule has 1 aromatic rings. The van der Waals surface area contributed by atoms with E-state index in [-0.39, 0.29) is 12.9 Å². The number of methoxy groups -OCH3 is 1. The summed E-state index contributed by atoms with van der Waals surface area (Å²) in [5.74, 6) is 1.26. The zero-order valence-corrected chi connectivity index (χ0v) is 12.4. The fourth-order valence-corrected chi connectivity index (χ4v) is 1.78. The standard InChI is InChI=1S/C15H24O5/c1-4-18-15(19-5-2)8-9-20-13-7-6-12(11-16)10-14(13)17-3/h6-7,10,15-16H,4-5,8-9,11H2,1-3H3. The number of hydrogen-bond donors (Lipinski definition) is 1. The summed E-state index contributed by atoms with van der Waals surface area (Å²) >= 11 is 0. The molecular weight excluding hydrogens is 260 g/mol. The molecule has 0 aliphatic heterocycles. The third-order valence-electron chi connectivity index (χ3n) is 2.73. The van der Waals surface area contributed by atoms with Crippen molar-refractivity contribution in [3.63, 3.8) is 0 Å². The van der Waals surface area contributed by atoms with Crippen LogP contribution in [-0.4, -0.2) is 38.3 Å². The summed E-state index contributed by atoms with van der Waals surface area (Å²) in [6.07, 6.45) is 0.403. The lowest BCUT2D eigenvalue weighted by atomic mass is 10.2. The van der Waals surface area contributed by atoms with Crippen LogP contribution in [0.4, 0.5) is 0 Å². The first-order chi connectivity index (χ1) is 9.74. The number of ether oxygens (including phenoxy) is 4. The van der Waals surface area contributed by atoms with Gasteiger partial charge in [0.1, 0.15) is 0 Å². The highest BCUT2D eigenvalue weighted by atomic mass is 16.7. The van der Waals surface area contributed by atoms with Crippen LogP contribution >= 0.6 is 0 Å². The smallest absolute Gasteiger partial charge is 0.161 e. The number of hydrogen-bond acceptors (Lipinski definition) is 5. The molecule has 0 aliphatic carbocycles. The Morgan fingerprint density at radius 3 is 2.35 bits per heavy atom. The van der Waals surface area contributed by atoms with Gasteiger partial charge in [0, 0.05) is 19.6 Å². The average Bonchev–Trinajstić information content (AvgIpc) is 2.48. The molecule has 1 rings (SSSR count). The maximum Gasteiger partial charge on any atom is 0.161 e. The van der Waals surface area contributed by atoms with Gasteiger partial charge in [0.05, 0.1) is 20.3 Å². The van der Waals surface area contributed by atoms with Crippen molar-refractivity contribution in [2.75, 3.05) is 26.9 Å². The van der Waals surface area contributed by atoms with E-state index in [2.05, 4.69) is 0 Å². The number of rotatable bonds is 10. The molecule has 0 spiro atoms. The molecule has 0 bridgehead atoms. The molecule has 0 heterocycles. The van der Waals surface area contributed by atoms with Crippen LogP contribution in [0.15, 0.2) is 18.2 Å². The Morgan fingerprint density at radius 2 is 1.80 bits per heavy atom. The van der Waals surface area contributed by atoms with Crippen LogP contribution in [0.25, 0.3) is 0 Å². The summed E-state index contributed by atoms with van der Waals surface area (Å²) in [6.45, 7) is 5.54. The highest BCUT2D eigenvalue weighted by Gasteiger charge is 2.10. The second kappa shape index (κ2) is 9.58.